The fraction of sp³-hybridized carbons (Fsp3) is 0.400. The molecule has 1 heterocycles. The lowest BCUT2D eigenvalue weighted by atomic mass is 10.0. The Kier molecular flexibility index (Phi) is 2.52. The highest BCUT2D eigenvalue weighted by Gasteiger charge is 2.16. The van der Waals surface area contributed by atoms with Gasteiger partial charge in [0.25, 0.3) is 0 Å². The van der Waals surface area contributed by atoms with Crippen LogP contribution in [-0.4, -0.2) is 17.5 Å². The Morgan fingerprint density at radius 1 is 1.57 bits per heavy atom. The van der Waals surface area contributed by atoms with Gasteiger partial charge in [0.05, 0.1) is 23.4 Å². The Bertz CT molecular complexity index is 354. The van der Waals surface area contributed by atoms with Gasteiger partial charge in [-0.1, -0.05) is 6.07 Å². The first kappa shape index (κ1) is 9.62. The van der Waals surface area contributed by atoms with Crippen LogP contribution in [0.4, 0.5) is 11.4 Å². The van der Waals surface area contributed by atoms with Crippen LogP contribution in [0.15, 0.2) is 12.1 Å². The minimum absolute atomic E-state index is 0.200. The largest absolute Gasteiger partial charge is 0.397 e. The Labute approximate surface area is 87.9 Å². The summed E-state index contributed by atoms with van der Waals surface area (Å²) in [6, 6.07) is 3.75. The van der Waals surface area contributed by atoms with Crippen LogP contribution < -0.4 is 11.1 Å². The Morgan fingerprint density at radius 3 is 3.07 bits per heavy atom. The minimum Gasteiger partial charge on any atom is -0.397 e. The molecule has 14 heavy (non-hydrogen) atoms. The summed E-state index contributed by atoms with van der Waals surface area (Å²) in [5.41, 5.74) is 9.53. The second-order valence-corrected chi connectivity index (χ2v) is 3.80. The molecule has 0 saturated heterocycles. The second kappa shape index (κ2) is 3.67. The maximum Gasteiger partial charge on any atom is 0.0926 e. The van der Waals surface area contributed by atoms with Gasteiger partial charge in [0.2, 0.25) is 0 Å². The summed E-state index contributed by atoms with van der Waals surface area (Å²) in [5.74, 6) is 0.200. The van der Waals surface area contributed by atoms with Gasteiger partial charge in [-0.25, -0.2) is 0 Å². The molecule has 4 N–H and O–H groups in total. The summed E-state index contributed by atoms with van der Waals surface area (Å²) in [7, 11) is 0. The number of hydrogen-bond acceptors (Lipinski definition) is 3. The molecule has 0 aliphatic carbocycles. The first-order valence-electron chi connectivity index (χ1n) is 4.62. The van der Waals surface area contributed by atoms with Gasteiger partial charge in [-0.15, -0.1) is 11.6 Å². The normalized spacial score (nSPS) is 16.1. The summed E-state index contributed by atoms with van der Waals surface area (Å²) in [6.07, 6.45) is 0.340. The third-order valence-electron chi connectivity index (χ3n) is 2.50. The van der Waals surface area contributed by atoms with Gasteiger partial charge in [0.15, 0.2) is 0 Å². The SMILES string of the molecule is Nc1cc([C@@H](O)CCl)cc2c1NCC2. The van der Waals surface area contributed by atoms with E-state index in [0.717, 1.165) is 24.2 Å². The molecule has 0 unspecified atom stereocenters. The third-order valence-corrected chi connectivity index (χ3v) is 2.79. The fourth-order valence-corrected chi connectivity index (χ4v) is 1.95. The molecule has 0 saturated carbocycles. The van der Waals surface area contributed by atoms with E-state index in [2.05, 4.69) is 5.32 Å². The third kappa shape index (κ3) is 1.53. The molecule has 1 aliphatic rings. The number of nitrogen functional groups attached to an aromatic ring is 1. The van der Waals surface area contributed by atoms with Gasteiger partial charge in [0, 0.05) is 6.54 Å². The van der Waals surface area contributed by atoms with Crippen LogP contribution in [0.3, 0.4) is 0 Å². The van der Waals surface area contributed by atoms with Crippen molar-refractivity contribution in [1.82, 2.24) is 0 Å². The zero-order valence-electron chi connectivity index (χ0n) is 7.76. The maximum atomic E-state index is 9.58. The molecule has 1 aromatic rings. The van der Waals surface area contributed by atoms with Crippen LogP contribution >= 0.6 is 11.6 Å². The van der Waals surface area contributed by atoms with Gasteiger partial charge < -0.3 is 16.2 Å². The summed E-state index contributed by atoms with van der Waals surface area (Å²) >= 11 is 5.58. The fourth-order valence-electron chi connectivity index (χ4n) is 1.77. The number of nitrogens with one attached hydrogen (secondary N) is 1. The zero-order valence-corrected chi connectivity index (χ0v) is 8.51. The maximum absolute atomic E-state index is 9.58. The number of alkyl halides is 1. The lowest BCUT2D eigenvalue weighted by Crippen LogP contribution is -2.02. The van der Waals surface area contributed by atoms with E-state index in [0.29, 0.717) is 5.69 Å². The lowest BCUT2D eigenvalue weighted by molar-refractivity contribution is 0.202. The van der Waals surface area contributed by atoms with Crippen molar-refractivity contribution in [2.75, 3.05) is 23.5 Å². The van der Waals surface area contributed by atoms with Crippen LogP contribution in [0.1, 0.15) is 17.2 Å². The highest BCUT2D eigenvalue weighted by Crippen LogP contribution is 2.32. The number of benzene rings is 1. The highest BCUT2D eigenvalue weighted by molar-refractivity contribution is 6.18. The molecule has 1 atom stereocenters. The standard InChI is InChI=1S/C10H13ClN2O/c11-5-9(14)7-3-6-1-2-13-10(6)8(12)4-7/h3-4,9,13-14H,1-2,5,12H2/t9-/m0/s1. The molecule has 1 aliphatic heterocycles. The van der Waals surface area contributed by atoms with E-state index in [4.69, 9.17) is 17.3 Å². The van der Waals surface area contributed by atoms with Crippen LogP contribution in [0, 0.1) is 0 Å². The van der Waals surface area contributed by atoms with E-state index in [-0.39, 0.29) is 5.88 Å². The topological polar surface area (TPSA) is 58.3 Å². The van der Waals surface area contributed by atoms with Crippen molar-refractivity contribution >= 4 is 23.0 Å². The van der Waals surface area contributed by atoms with Crippen molar-refractivity contribution in [2.45, 2.75) is 12.5 Å². The molecule has 1 aromatic carbocycles. The predicted molar refractivity (Wildman–Crippen MR) is 58.7 cm³/mol. The molecule has 0 spiro atoms. The van der Waals surface area contributed by atoms with Crippen LogP contribution in [0.2, 0.25) is 0 Å². The number of nitrogens with two attached hydrogens (primary N) is 1. The number of halogens is 1. The number of aliphatic hydroxyl groups excluding tert-OH is 1. The number of rotatable bonds is 2. The summed E-state index contributed by atoms with van der Waals surface area (Å²) in [4.78, 5) is 0. The van der Waals surface area contributed by atoms with Crippen LogP contribution in [0.25, 0.3) is 0 Å². The van der Waals surface area contributed by atoms with Crippen molar-refractivity contribution in [1.29, 1.82) is 0 Å². The van der Waals surface area contributed by atoms with Gasteiger partial charge in [-0.05, 0) is 23.6 Å². The molecule has 0 fully saturated rings. The smallest absolute Gasteiger partial charge is 0.0926 e. The van der Waals surface area contributed by atoms with Gasteiger partial charge >= 0.3 is 0 Å². The molecule has 0 amide bonds. The van der Waals surface area contributed by atoms with E-state index in [9.17, 15) is 5.11 Å². The summed E-state index contributed by atoms with van der Waals surface area (Å²) in [5, 5.41) is 12.8. The molecule has 3 nitrogen and oxygen atoms in total. The Balaban J connectivity index is 2.41. The van der Waals surface area contributed by atoms with E-state index >= 15 is 0 Å². The molecule has 0 bridgehead atoms. The van der Waals surface area contributed by atoms with Crippen molar-refractivity contribution in [2.24, 2.45) is 0 Å². The van der Waals surface area contributed by atoms with Crippen molar-refractivity contribution in [3.8, 4) is 0 Å². The van der Waals surface area contributed by atoms with E-state index in [1.54, 1.807) is 6.07 Å². The molecule has 0 aromatic heterocycles. The number of aliphatic hydroxyl groups is 1. The van der Waals surface area contributed by atoms with Crippen molar-refractivity contribution < 1.29 is 5.11 Å². The van der Waals surface area contributed by atoms with E-state index < -0.39 is 6.10 Å². The van der Waals surface area contributed by atoms with Gasteiger partial charge in [-0.2, -0.15) is 0 Å². The average Bonchev–Trinajstić information content (AvgIpc) is 2.64. The molecular formula is C10H13ClN2O. The molecular weight excluding hydrogens is 200 g/mol. The molecule has 4 heteroatoms. The van der Waals surface area contributed by atoms with Crippen molar-refractivity contribution in [3.63, 3.8) is 0 Å². The van der Waals surface area contributed by atoms with Crippen LogP contribution in [-0.2, 0) is 6.42 Å². The summed E-state index contributed by atoms with van der Waals surface area (Å²) < 4.78 is 0. The monoisotopic (exact) mass is 212 g/mol. The van der Waals surface area contributed by atoms with Gasteiger partial charge in [0.1, 0.15) is 0 Å². The van der Waals surface area contributed by atoms with E-state index in [1.807, 2.05) is 6.07 Å². The first-order chi connectivity index (χ1) is 6.72. The minimum atomic E-state index is -0.620. The second-order valence-electron chi connectivity index (χ2n) is 3.49. The predicted octanol–water partition coefficient (Wildman–Crippen LogP) is 1.51. The Hall–Kier alpha value is -0.930. The molecule has 0 radical (unpaired) electrons. The first-order valence-corrected chi connectivity index (χ1v) is 5.16. The molecule has 76 valence electrons. The number of anilines is 2. The molecule has 2 rings (SSSR count). The summed E-state index contributed by atoms with van der Waals surface area (Å²) in [6.45, 7) is 0.917. The van der Waals surface area contributed by atoms with Gasteiger partial charge in [-0.3, -0.25) is 0 Å². The van der Waals surface area contributed by atoms with Crippen molar-refractivity contribution in [3.05, 3.63) is 23.3 Å². The van der Waals surface area contributed by atoms with E-state index in [1.165, 1.54) is 5.56 Å². The average molecular weight is 213 g/mol. The van der Waals surface area contributed by atoms with Crippen LogP contribution in [0.5, 0.6) is 0 Å². The number of fused-ring (bicyclic) bond motifs is 1. The lowest BCUT2D eigenvalue weighted by Gasteiger charge is -2.11. The quantitative estimate of drug-likeness (QED) is 0.515. The highest BCUT2D eigenvalue weighted by atomic mass is 35.5. The zero-order chi connectivity index (χ0) is 10.1. The number of hydrogen-bond donors (Lipinski definition) is 3. The Morgan fingerprint density at radius 2 is 2.36 bits per heavy atom.